The highest BCUT2D eigenvalue weighted by Gasteiger charge is 2.31. The number of carbonyl (C=O) groups excluding carboxylic acids is 2. The third-order valence-electron chi connectivity index (χ3n) is 5.05. The van der Waals surface area contributed by atoms with E-state index in [0.29, 0.717) is 32.7 Å². The van der Waals surface area contributed by atoms with Crippen LogP contribution in [0.5, 0.6) is 5.75 Å². The zero-order valence-corrected chi connectivity index (χ0v) is 19.0. The summed E-state index contributed by atoms with van der Waals surface area (Å²) in [5.74, 6) is 0.0496. The molecule has 2 aromatic rings. The molecule has 3 rings (SSSR count). The molecular weight excluding hydrogens is 455 g/mol. The fraction of sp³-hybridized carbons (Fsp3) is 0.391. The molecule has 0 aliphatic carbocycles. The van der Waals surface area contributed by atoms with E-state index in [4.69, 9.17) is 0 Å². The number of hydrogen-bond acceptors (Lipinski definition) is 5. The van der Waals surface area contributed by atoms with Crippen molar-refractivity contribution in [3.05, 3.63) is 59.7 Å². The van der Waals surface area contributed by atoms with Crippen LogP contribution in [0.1, 0.15) is 11.1 Å². The van der Waals surface area contributed by atoms with E-state index in [1.807, 2.05) is 31.2 Å². The maximum atomic E-state index is 12.4. The van der Waals surface area contributed by atoms with Gasteiger partial charge in [-0.3, -0.25) is 14.5 Å². The van der Waals surface area contributed by atoms with Crippen LogP contribution >= 0.6 is 11.8 Å². The van der Waals surface area contributed by atoms with E-state index in [1.54, 1.807) is 17.0 Å². The first-order valence-corrected chi connectivity index (χ1v) is 11.6. The van der Waals surface area contributed by atoms with Gasteiger partial charge in [-0.2, -0.15) is 0 Å². The second kappa shape index (κ2) is 11.4. The molecule has 0 spiro atoms. The summed E-state index contributed by atoms with van der Waals surface area (Å²) in [6.07, 6.45) is -4.70. The van der Waals surface area contributed by atoms with Gasteiger partial charge in [0.25, 0.3) is 0 Å². The lowest BCUT2D eigenvalue weighted by Crippen LogP contribution is -2.48. The number of nitrogens with one attached hydrogen (secondary N) is 1. The molecule has 1 saturated heterocycles. The Balaban J connectivity index is 1.34. The average Bonchev–Trinajstić information content (AvgIpc) is 2.74. The predicted octanol–water partition coefficient (Wildman–Crippen LogP) is 3.91. The van der Waals surface area contributed by atoms with Gasteiger partial charge < -0.3 is 15.0 Å². The Hall–Kier alpha value is -2.72. The summed E-state index contributed by atoms with van der Waals surface area (Å²) >= 11 is 1.29. The quantitative estimate of drug-likeness (QED) is 0.620. The summed E-state index contributed by atoms with van der Waals surface area (Å²) in [4.78, 5) is 28.4. The minimum absolute atomic E-state index is 0.00309. The second-order valence-corrected chi connectivity index (χ2v) is 8.74. The molecule has 6 nitrogen and oxygen atoms in total. The first kappa shape index (κ1) is 24.9. The van der Waals surface area contributed by atoms with E-state index in [-0.39, 0.29) is 29.1 Å². The van der Waals surface area contributed by atoms with Crippen molar-refractivity contribution in [2.24, 2.45) is 0 Å². The minimum atomic E-state index is -4.70. The van der Waals surface area contributed by atoms with Crippen molar-refractivity contribution in [1.29, 1.82) is 0 Å². The summed E-state index contributed by atoms with van der Waals surface area (Å²) in [7, 11) is 0. The smallest absolute Gasteiger partial charge is 0.406 e. The number of hydrogen-bond donors (Lipinski definition) is 1. The van der Waals surface area contributed by atoms with Crippen molar-refractivity contribution in [3.8, 4) is 5.75 Å². The van der Waals surface area contributed by atoms with Crippen LogP contribution in [-0.4, -0.2) is 65.7 Å². The molecule has 1 heterocycles. The number of benzene rings is 2. The van der Waals surface area contributed by atoms with Gasteiger partial charge in [-0.15, -0.1) is 24.9 Å². The van der Waals surface area contributed by atoms with Gasteiger partial charge >= 0.3 is 6.36 Å². The van der Waals surface area contributed by atoms with E-state index >= 15 is 0 Å². The van der Waals surface area contributed by atoms with Crippen LogP contribution < -0.4 is 10.1 Å². The number of rotatable bonds is 8. The molecule has 1 N–H and O–H groups in total. The van der Waals surface area contributed by atoms with Gasteiger partial charge in [0.15, 0.2) is 0 Å². The molecule has 1 aliphatic rings. The largest absolute Gasteiger partial charge is 0.573 e. The van der Waals surface area contributed by atoms with Crippen molar-refractivity contribution in [3.63, 3.8) is 0 Å². The number of amides is 2. The fourth-order valence-electron chi connectivity index (χ4n) is 3.45. The van der Waals surface area contributed by atoms with Crippen molar-refractivity contribution in [2.45, 2.75) is 19.8 Å². The van der Waals surface area contributed by atoms with E-state index < -0.39 is 6.36 Å². The maximum Gasteiger partial charge on any atom is 0.573 e. The van der Waals surface area contributed by atoms with Gasteiger partial charge in [-0.1, -0.05) is 24.3 Å². The van der Waals surface area contributed by atoms with Gasteiger partial charge in [0, 0.05) is 38.4 Å². The first-order chi connectivity index (χ1) is 15.7. The zero-order chi connectivity index (χ0) is 23.8. The van der Waals surface area contributed by atoms with Gasteiger partial charge in [0.2, 0.25) is 11.8 Å². The van der Waals surface area contributed by atoms with Gasteiger partial charge in [0.1, 0.15) is 5.75 Å². The summed E-state index contributed by atoms with van der Waals surface area (Å²) in [5.41, 5.74) is 2.67. The molecule has 0 radical (unpaired) electrons. The predicted molar refractivity (Wildman–Crippen MR) is 122 cm³/mol. The lowest BCUT2D eigenvalue weighted by atomic mass is 10.2. The van der Waals surface area contributed by atoms with E-state index in [2.05, 4.69) is 15.0 Å². The lowest BCUT2D eigenvalue weighted by Gasteiger charge is -2.34. The number of anilines is 1. The topological polar surface area (TPSA) is 61.9 Å². The number of nitrogens with zero attached hydrogens (tertiary/aromatic N) is 2. The fourth-order valence-corrected chi connectivity index (χ4v) is 4.17. The summed E-state index contributed by atoms with van der Waals surface area (Å²) in [5, 5.41) is 2.82. The van der Waals surface area contributed by atoms with Crippen molar-refractivity contribution in [2.75, 3.05) is 43.0 Å². The minimum Gasteiger partial charge on any atom is -0.406 e. The molecule has 0 unspecified atom stereocenters. The Morgan fingerprint density at radius 1 is 1.03 bits per heavy atom. The number of piperazine rings is 1. The second-order valence-electron chi connectivity index (χ2n) is 7.76. The molecule has 1 aliphatic heterocycles. The molecule has 0 saturated carbocycles. The third kappa shape index (κ3) is 8.62. The van der Waals surface area contributed by atoms with Gasteiger partial charge in [-0.05, 0) is 42.3 Å². The highest BCUT2D eigenvalue weighted by atomic mass is 32.2. The van der Waals surface area contributed by atoms with Crippen molar-refractivity contribution < 1.29 is 27.5 Å². The standard InChI is InChI=1S/C23H26F3N3O3S/c1-17-3-2-4-19(13-17)27-21(30)15-33-16-22(31)29-11-9-28(10-12-29)14-18-5-7-20(8-6-18)32-23(24,25)26/h2-8,13H,9-12,14-16H2,1H3,(H,27,30). The molecule has 0 bridgehead atoms. The highest BCUT2D eigenvalue weighted by Crippen LogP contribution is 2.23. The molecule has 33 heavy (non-hydrogen) atoms. The van der Waals surface area contributed by atoms with Crippen LogP contribution in [-0.2, 0) is 16.1 Å². The molecule has 1 fully saturated rings. The number of thioether (sulfide) groups is 1. The zero-order valence-electron chi connectivity index (χ0n) is 18.2. The first-order valence-electron chi connectivity index (χ1n) is 10.5. The summed E-state index contributed by atoms with van der Waals surface area (Å²) in [6, 6.07) is 13.4. The average molecular weight is 482 g/mol. The van der Waals surface area contributed by atoms with Crippen LogP contribution in [0.3, 0.4) is 0 Å². The van der Waals surface area contributed by atoms with Crippen LogP contribution in [0.4, 0.5) is 18.9 Å². The van der Waals surface area contributed by atoms with Gasteiger partial charge in [-0.25, -0.2) is 0 Å². The van der Waals surface area contributed by atoms with Crippen molar-refractivity contribution >= 4 is 29.3 Å². The Morgan fingerprint density at radius 3 is 2.36 bits per heavy atom. The van der Waals surface area contributed by atoms with Crippen LogP contribution in [0.25, 0.3) is 0 Å². The molecule has 0 aromatic heterocycles. The molecule has 178 valence electrons. The monoisotopic (exact) mass is 481 g/mol. The van der Waals surface area contributed by atoms with Gasteiger partial charge in [0.05, 0.1) is 11.5 Å². The number of halogens is 3. The number of carbonyl (C=O) groups is 2. The Kier molecular flexibility index (Phi) is 8.62. The van der Waals surface area contributed by atoms with Crippen LogP contribution in [0.15, 0.2) is 48.5 Å². The van der Waals surface area contributed by atoms with Crippen LogP contribution in [0.2, 0.25) is 0 Å². The Bertz CT molecular complexity index is 946. The number of aryl methyl sites for hydroxylation is 1. The Morgan fingerprint density at radius 2 is 1.73 bits per heavy atom. The summed E-state index contributed by atoms with van der Waals surface area (Å²) < 4.78 is 40.6. The van der Waals surface area contributed by atoms with E-state index in [0.717, 1.165) is 16.8 Å². The molecular formula is C23H26F3N3O3S. The molecule has 2 amide bonds. The molecule has 0 atom stereocenters. The maximum absolute atomic E-state index is 12.4. The van der Waals surface area contributed by atoms with E-state index in [9.17, 15) is 22.8 Å². The lowest BCUT2D eigenvalue weighted by molar-refractivity contribution is -0.274. The van der Waals surface area contributed by atoms with E-state index in [1.165, 1.54) is 23.9 Å². The van der Waals surface area contributed by atoms with Crippen molar-refractivity contribution in [1.82, 2.24) is 9.80 Å². The SMILES string of the molecule is Cc1cccc(NC(=O)CSCC(=O)N2CCN(Cc3ccc(OC(F)(F)F)cc3)CC2)c1. The van der Waals surface area contributed by atoms with Crippen LogP contribution in [0, 0.1) is 6.92 Å². The molecule has 2 aromatic carbocycles. The summed E-state index contributed by atoms with van der Waals surface area (Å²) in [6.45, 7) is 5.03. The normalized spacial score (nSPS) is 14.7. The Labute approximate surface area is 195 Å². The number of ether oxygens (including phenoxy) is 1. The third-order valence-corrected chi connectivity index (χ3v) is 5.97. The highest BCUT2D eigenvalue weighted by molar-refractivity contribution is 8.00. The molecule has 10 heteroatoms. The number of alkyl halides is 3.